The summed E-state index contributed by atoms with van der Waals surface area (Å²) < 4.78 is 0. The van der Waals surface area contributed by atoms with Gasteiger partial charge in [-0.1, -0.05) is 59.3 Å². The van der Waals surface area contributed by atoms with Crippen LogP contribution >= 0.6 is 0 Å². The standard InChI is InChI=1S/C15H32O2/c1-5-8-11-14(4,16)15(17,12-9-6-2)13-10-7-3/h16-17H,5-13H2,1-4H3. The van der Waals surface area contributed by atoms with Crippen molar-refractivity contribution in [2.45, 2.75) is 96.7 Å². The van der Waals surface area contributed by atoms with Gasteiger partial charge in [0.1, 0.15) is 0 Å². The van der Waals surface area contributed by atoms with Crippen LogP contribution in [0.4, 0.5) is 0 Å². The van der Waals surface area contributed by atoms with E-state index >= 15 is 0 Å². The molecule has 0 aliphatic heterocycles. The minimum absolute atomic E-state index is 0.702. The molecule has 2 N–H and O–H groups in total. The van der Waals surface area contributed by atoms with E-state index in [9.17, 15) is 10.2 Å². The van der Waals surface area contributed by atoms with Gasteiger partial charge in [0.05, 0.1) is 11.2 Å². The number of hydrogen-bond acceptors (Lipinski definition) is 2. The van der Waals surface area contributed by atoms with Crippen LogP contribution in [0.15, 0.2) is 0 Å². The minimum Gasteiger partial charge on any atom is -0.387 e. The molecule has 0 aromatic carbocycles. The van der Waals surface area contributed by atoms with Crippen LogP contribution in [0.5, 0.6) is 0 Å². The fraction of sp³-hybridized carbons (Fsp3) is 1.00. The molecule has 1 unspecified atom stereocenters. The molecule has 0 aliphatic rings. The van der Waals surface area contributed by atoms with Crippen molar-refractivity contribution in [3.05, 3.63) is 0 Å². The van der Waals surface area contributed by atoms with Gasteiger partial charge in [0.2, 0.25) is 0 Å². The molecule has 0 fully saturated rings. The van der Waals surface area contributed by atoms with Crippen LogP contribution in [-0.4, -0.2) is 21.4 Å². The highest BCUT2D eigenvalue weighted by Crippen LogP contribution is 2.36. The van der Waals surface area contributed by atoms with E-state index < -0.39 is 11.2 Å². The molecule has 0 saturated heterocycles. The van der Waals surface area contributed by atoms with Crippen LogP contribution in [0.3, 0.4) is 0 Å². The van der Waals surface area contributed by atoms with Crippen molar-refractivity contribution in [2.24, 2.45) is 0 Å². The van der Waals surface area contributed by atoms with Crippen LogP contribution in [0.1, 0.15) is 85.5 Å². The average Bonchev–Trinajstić information content (AvgIpc) is 2.31. The summed E-state index contributed by atoms with van der Waals surface area (Å²) in [5.74, 6) is 0. The summed E-state index contributed by atoms with van der Waals surface area (Å²) in [6.45, 7) is 8.18. The third-order valence-corrected chi connectivity index (χ3v) is 3.91. The molecule has 0 aliphatic carbocycles. The summed E-state index contributed by atoms with van der Waals surface area (Å²) >= 11 is 0. The summed E-state index contributed by atoms with van der Waals surface area (Å²) in [7, 11) is 0. The molecule has 0 spiro atoms. The number of unbranched alkanes of at least 4 members (excludes halogenated alkanes) is 3. The Balaban J connectivity index is 4.60. The maximum atomic E-state index is 10.8. The zero-order chi connectivity index (χ0) is 13.4. The lowest BCUT2D eigenvalue weighted by Gasteiger charge is -2.42. The van der Waals surface area contributed by atoms with Gasteiger partial charge in [-0.25, -0.2) is 0 Å². The Morgan fingerprint density at radius 3 is 1.41 bits per heavy atom. The lowest BCUT2D eigenvalue weighted by Crippen LogP contribution is -2.52. The van der Waals surface area contributed by atoms with Gasteiger partial charge in [-0.2, -0.15) is 0 Å². The van der Waals surface area contributed by atoms with Gasteiger partial charge in [-0.05, 0) is 26.2 Å². The Morgan fingerprint density at radius 1 is 0.706 bits per heavy atom. The topological polar surface area (TPSA) is 40.5 Å². The maximum absolute atomic E-state index is 10.8. The molecule has 0 amide bonds. The zero-order valence-corrected chi connectivity index (χ0v) is 12.3. The van der Waals surface area contributed by atoms with E-state index in [1.165, 1.54) is 0 Å². The van der Waals surface area contributed by atoms with Gasteiger partial charge in [0.15, 0.2) is 0 Å². The van der Waals surface area contributed by atoms with Crippen molar-refractivity contribution < 1.29 is 10.2 Å². The first kappa shape index (κ1) is 16.9. The van der Waals surface area contributed by atoms with Crippen molar-refractivity contribution in [3.63, 3.8) is 0 Å². The quantitative estimate of drug-likeness (QED) is 0.609. The van der Waals surface area contributed by atoms with E-state index in [-0.39, 0.29) is 0 Å². The molecule has 17 heavy (non-hydrogen) atoms. The van der Waals surface area contributed by atoms with Gasteiger partial charge >= 0.3 is 0 Å². The van der Waals surface area contributed by atoms with E-state index in [1.807, 2.05) is 6.92 Å². The first-order valence-electron chi connectivity index (χ1n) is 7.38. The largest absolute Gasteiger partial charge is 0.387 e. The van der Waals surface area contributed by atoms with Gasteiger partial charge in [-0.15, -0.1) is 0 Å². The van der Waals surface area contributed by atoms with E-state index in [0.29, 0.717) is 6.42 Å². The highest BCUT2D eigenvalue weighted by molar-refractivity contribution is 4.96. The third-order valence-electron chi connectivity index (χ3n) is 3.91. The Bertz CT molecular complexity index is 179. The van der Waals surface area contributed by atoms with Crippen molar-refractivity contribution in [1.82, 2.24) is 0 Å². The maximum Gasteiger partial charge on any atom is 0.0930 e. The monoisotopic (exact) mass is 244 g/mol. The minimum atomic E-state index is -0.937. The molecule has 0 bridgehead atoms. The summed E-state index contributed by atoms with van der Waals surface area (Å²) in [6, 6.07) is 0. The van der Waals surface area contributed by atoms with Crippen LogP contribution in [0, 0.1) is 0 Å². The predicted molar refractivity (Wildman–Crippen MR) is 74.1 cm³/mol. The summed E-state index contributed by atoms with van der Waals surface area (Å²) in [4.78, 5) is 0. The van der Waals surface area contributed by atoms with Crippen molar-refractivity contribution in [2.75, 3.05) is 0 Å². The molecule has 104 valence electrons. The smallest absolute Gasteiger partial charge is 0.0930 e. The lowest BCUT2D eigenvalue weighted by atomic mass is 9.74. The summed E-state index contributed by atoms with van der Waals surface area (Å²) in [6.07, 6.45) is 8.30. The van der Waals surface area contributed by atoms with Crippen LogP contribution < -0.4 is 0 Å². The molecular formula is C15H32O2. The van der Waals surface area contributed by atoms with E-state index in [2.05, 4.69) is 20.8 Å². The number of aliphatic hydroxyl groups is 2. The Labute approximate surface area is 107 Å². The van der Waals surface area contributed by atoms with Crippen LogP contribution in [0.2, 0.25) is 0 Å². The van der Waals surface area contributed by atoms with Gasteiger partial charge in [0.25, 0.3) is 0 Å². The third kappa shape index (κ3) is 5.39. The summed E-state index contributed by atoms with van der Waals surface area (Å²) in [5, 5.41) is 21.3. The molecular weight excluding hydrogens is 212 g/mol. The SMILES string of the molecule is CCCCC(C)(O)C(O)(CCCC)CCCC. The molecule has 1 atom stereocenters. The second kappa shape index (κ2) is 8.10. The Morgan fingerprint density at radius 2 is 1.06 bits per heavy atom. The fourth-order valence-corrected chi connectivity index (χ4v) is 2.36. The van der Waals surface area contributed by atoms with Gasteiger partial charge in [-0.3, -0.25) is 0 Å². The normalized spacial score (nSPS) is 15.9. The van der Waals surface area contributed by atoms with Crippen LogP contribution in [0.25, 0.3) is 0 Å². The highest BCUT2D eigenvalue weighted by Gasteiger charge is 2.43. The van der Waals surface area contributed by atoms with Crippen molar-refractivity contribution >= 4 is 0 Å². The second-order valence-corrected chi connectivity index (χ2v) is 5.62. The van der Waals surface area contributed by atoms with E-state index in [0.717, 1.165) is 51.4 Å². The van der Waals surface area contributed by atoms with Gasteiger partial charge in [0, 0.05) is 0 Å². The predicted octanol–water partition coefficient (Wildman–Crippen LogP) is 4.04. The van der Waals surface area contributed by atoms with E-state index in [1.54, 1.807) is 0 Å². The lowest BCUT2D eigenvalue weighted by molar-refractivity contribution is -0.156. The molecule has 0 rings (SSSR count). The van der Waals surface area contributed by atoms with Crippen molar-refractivity contribution in [3.8, 4) is 0 Å². The van der Waals surface area contributed by atoms with Gasteiger partial charge < -0.3 is 10.2 Å². The van der Waals surface area contributed by atoms with Crippen LogP contribution in [-0.2, 0) is 0 Å². The number of hydrogen-bond donors (Lipinski definition) is 2. The van der Waals surface area contributed by atoms with E-state index in [4.69, 9.17) is 0 Å². The Hall–Kier alpha value is -0.0800. The second-order valence-electron chi connectivity index (χ2n) is 5.62. The molecule has 2 nitrogen and oxygen atoms in total. The van der Waals surface area contributed by atoms with Crippen molar-refractivity contribution in [1.29, 1.82) is 0 Å². The molecule has 0 heterocycles. The molecule has 0 aromatic heterocycles. The molecule has 0 radical (unpaired) electrons. The average molecular weight is 244 g/mol. The highest BCUT2D eigenvalue weighted by atomic mass is 16.4. The summed E-state index contributed by atoms with van der Waals surface area (Å²) in [5.41, 5.74) is -1.83. The number of rotatable bonds is 10. The Kier molecular flexibility index (Phi) is 8.06. The molecule has 0 aromatic rings. The zero-order valence-electron chi connectivity index (χ0n) is 12.3. The fourth-order valence-electron chi connectivity index (χ4n) is 2.36. The molecule has 2 heteroatoms. The first-order chi connectivity index (χ1) is 7.93. The first-order valence-corrected chi connectivity index (χ1v) is 7.38. The molecule has 0 saturated carbocycles.